The molecule has 15 heteroatoms. The van der Waals surface area contributed by atoms with E-state index in [2.05, 4.69) is 10.6 Å². The first-order valence-electron chi connectivity index (χ1n) is 21.1. The van der Waals surface area contributed by atoms with Crippen molar-refractivity contribution in [1.82, 2.24) is 10.6 Å². The molecule has 0 aliphatic carbocycles. The SMILES string of the molecule is C[C@]12N=C3N=C(N1)c1ccc(cc1)CS(=O)(=O)Cc1ccc(cc1)C1=NC(=N[C@](C)(N1)c1ccc(cc1)CS(=O)(=O)Cc1ccc2cc1)c1ccc(cc1)CS(=O)(=O)Cc1ccc3cc1. The molecule has 6 aromatic carbocycles. The maximum Gasteiger partial charge on any atom is 0.159 e. The summed E-state index contributed by atoms with van der Waals surface area (Å²) >= 11 is 0. The van der Waals surface area contributed by atoms with E-state index in [1.165, 1.54) is 0 Å². The van der Waals surface area contributed by atoms with Gasteiger partial charge in [0.2, 0.25) is 0 Å². The van der Waals surface area contributed by atoms with Crippen LogP contribution < -0.4 is 10.6 Å². The van der Waals surface area contributed by atoms with Crippen LogP contribution >= 0.6 is 0 Å². The number of benzene rings is 6. The van der Waals surface area contributed by atoms with Crippen molar-refractivity contribution < 1.29 is 25.3 Å². The molecule has 2 atom stereocenters. The third-order valence-electron chi connectivity index (χ3n) is 12.0. The topological polar surface area (TPSA) is 176 Å². The normalized spacial score (nSPS) is 22.8. The second kappa shape index (κ2) is 15.9. The van der Waals surface area contributed by atoms with Crippen LogP contribution in [0.15, 0.2) is 166 Å². The molecule has 12 nitrogen and oxygen atoms in total. The lowest BCUT2D eigenvalue weighted by molar-refractivity contribution is 0.454. The van der Waals surface area contributed by atoms with Gasteiger partial charge in [-0.25, -0.2) is 45.2 Å². The molecule has 0 spiro atoms. The second-order valence-electron chi connectivity index (χ2n) is 17.5. The number of aliphatic imine (C=N–C) groups is 4. The quantitative estimate of drug-likeness (QED) is 0.164. The van der Waals surface area contributed by atoms with Crippen LogP contribution in [0.2, 0.25) is 0 Å². The molecule has 23 heterocycles. The van der Waals surface area contributed by atoms with Crippen LogP contribution in [0, 0.1) is 0 Å². The van der Waals surface area contributed by atoms with Crippen molar-refractivity contribution >= 4 is 52.9 Å². The summed E-state index contributed by atoms with van der Waals surface area (Å²) in [6, 6.07) is 43.3. The number of nitrogens with one attached hydrogen (secondary N) is 2. The minimum Gasteiger partial charge on any atom is -0.342 e. The molecule has 65 heavy (non-hydrogen) atoms. The Kier molecular flexibility index (Phi) is 10.3. The van der Waals surface area contributed by atoms with Gasteiger partial charge in [-0.3, -0.25) is 0 Å². The monoisotopic (exact) mass is 920 g/mol. The molecule has 0 amide bonds. The van der Waals surface area contributed by atoms with Gasteiger partial charge in [-0.15, -0.1) is 0 Å². The van der Waals surface area contributed by atoms with Crippen LogP contribution in [0.25, 0.3) is 0 Å². The van der Waals surface area contributed by atoms with Crippen LogP contribution in [-0.2, 0) is 75.4 Å². The zero-order chi connectivity index (χ0) is 45.2. The van der Waals surface area contributed by atoms with E-state index in [9.17, 15) is 25.3 Å². The van der Waals surface area contributed by atoms with Crippen LogP contribution in [0.4, 0.5) is 0 Å². The maximum atomic E-state index is 13.7. The van der Waals surface area contributed by atoms with Crippen molar-refractivity contribution in [2.24, 2.45) is 20.0 Å². The molecular formula is C50H44N6O6S3. The molecule has 0 radical (unpaired) electrons. The van der Waals surface area contributed by atoms with Gasteiger partial charge in [0.25, 0.3) is 0 Å². The summed E-state index contributed by atoms with van der Waals surface area (Å²) < 4.78 is 82.1. The zero-order valence-corrected chi connectivity index (χ0v) is 38.0. The fraction of sp³-hybridized carbons (Fsp3) is 0.200. The fourth-order valence-electron chi connectivity index (χ4n) is 8.61. The van der Waals surface area contributed by atoms with Gasteiger partial charge in [-0.05, 0) is 58.4 Å². The number of sulfone groups is 3. The molecular weight excluding hydrogens is 877 g/mol. The van der Waals surface area contributed by atoms with Crippen molar-refractivity contribution in [1.29, 1.82) is 0 Å². The van der Waals surface area contributed by atoms with E-state index in [0.717, 1.165) is 11.1 Å². The third-order valence-corrected chi connectivity index (χ3v) is 16.7. The Bertz CT molecular complexity index is 3130. The first kappa shape index (κ1) is 42.4. The minimum atomic E-state index is -3.60. The van der Waals surface area contributed by atoms with Gasteiger partial charge in [-0.1, -0.05) is 146 Å². The van der Waals surface area contributed by atoms with E-state index >= 15 is 0 Å². The molecule has 23 aliphatic rings. The van der Waals surface area contributed by atoms with Gasteiger partial charge in [0.1, 0.15) is 11.7 Å². The molecule has 18 bridgehead atoms. The largest absolute Gasteiger partial charge is 0.342 e. The lowest BCUT2D eigenvalue weighted by Crippen LogP contribution is -2.46. The number of hydrogen-bond acceptors (Lipinski definition) is 12. The summed E-state index contributed by atoms with van der Waals surface area (Å²) in [5.41, 5.74) is 5.71. The molecule has 6 aromatic rings. The molecule has 23 aliphatic heterocycles. The van der Waals surface area contributed by atoms with Crippen LogP contribution in [-0.4, -0.2) is 48.6 Å². The summed E-state index contributed by atoms with van der Waals surface area (Å²) in [6.07, 6.45) is 0. The zero-order valence-electron chi connectivity index (χ0n) is 35.6. The van der Waals surface area contributed by atoms with Gasteiger partial charge < -0.3 is 10.6 Å². The lowest BCUT2D eigenvalue weighted by Gasteiger charge is -2.33. The van der Waals surface area contributed by atoms with Gasteiger partial charge >= 0.3 is 0 Å². The highest BCUT2D eigenvalue weighted by atomic mass is 32.2. The first-order valence-corrected chi connectivity index (χ1v) is 26.5. The van der Waals surface area contributed by atoms with Crippen molar-refractivity contribution in [3.63, 3.8) is 0 Å². The Hall–Kier alpha value is -6.55. The van der Waals surface area contributed by atoms with Crippen molar-refractivity contribution in [3.8, 4) is 0 Å². The molecule has 0 fully saturated rings. The highest BCUT2D eigenvalue weighted by molar-refractivity contribution is 7.90. The summed E-state index contributed by atoms with van der Waals surface area (Å²) in [4.78, 5) is 20.1. The number of hydrogen-bond donors (Lipinski definition) is 2. The Morgan fingerprint density at radius 2 is 0.585 bits per heavy atom. The molecule has 328 valence electrons. The average molecular weight is 921 g/mol. The summed E-state index contributed by atoms with van der Waals surface area (Å²) in [7, 11) is -10.8. The highest BCUT2D eigenvalue weighted by Gasteiger charge is 2.34. The van der Waals surface area contributed by atoms with Gasteiger partial charge in [-0.2, -0.15) is 0 Å². The first-order chi connectivity index (χ1) is 31.0. The molecule has 0 saturated heterocycles. The van der Waals surface area contributed by atoms with E-state index < -0.39 is 40.8 Å². The predicted molar refractivity (Wildman–Crippen MR) is 255 cm³/mol. The van der Waals surface area contributed by atoms with E-state index in [-0.39, 0.29) is 34.5 Å². The molecule has 0 aromatic heterocycles. The summed E-state index contributed by atoms with van der Waals surface area (Å²) in [5, 5.41) is 6.98. The summed E-state index contributed by atoms with van der Waals surface area (Å²) in [6.45, 7) is 3.80. The smallest absolute Gasteiger partial charge is 0.159 e. The van der Waals surface area contributed by atoms with Crippen molar-refractivity contribution in [3.05, 3.63) is 212 Å². The molecule has 0 saturated carbocycles. The number of amidine groups is 4. The maximum absolute atomic E-state index is 13.7. The molecule has 0 unspecified atom stereocenters. The van der Waals surface area contributed by atoms with E-state index in [4.69, 9.17) is 20.0 Å². The average Bonchev–Trinajstić information content (AvgIpc) is 3.26. The van der Waals surface area contributed by atoms with Crippen LogP contribution in [0.5, 0.6) is 0 Å². The van der Waals surface area contributed by atoms with E-state index in [1.807, 2.05) is 62.4 Å². The van der Waals surface area contributed by atoms with E-state index in [1.54, 1.807) is 97.1 Å². The van der Waals surface area contributed by atoms with Crippen LogP contribution in [0.3, 0.4) is 0 Å². The summed E-state index contributed by atoms with van der Waals surface area (Å²) in [5.74, 6) is 0.706. The second-order valence-corrected chi connectivity index (χ2v) is 23.7. The Labute approximate surface area is 378 Å². The standard InChI is InChI=1S/C50H44N6O6S3/c1-49-43-23-11-37(12-24-43)31-65(61,62)32-38-13-25-44(26-14-38)50(2)55-47-41-19-7-35(8-20-41)29-63(57,58)27-33-3-15-39(16-4-33)45(53-49)51-46(54-49)40-17-5-34(6-18-40)28-64(59,60)30-36-9-21-42(22-10-36)48(52-47)56-50/h3-26H,27-32H2,1-2H3,(H,51,53,54)(H,52,55,56)/t49-,50+. The Morgan fingerprint density at radius 1 is 0.354 bits per heavy atom. The third kappa shape index (κ3) is 9.08. The Balaban J connectivity index is 1.15. The highest BCUT2D eigenvalue weighted by Crippen LogP contribution is 2.32. The number of rotatable bonds is 0. The minimum absolute atomic E-state index is 0.172. The molecule has 2 N–H and O–H groups in total. The lowest BCUT2D eigenvalue weighted by atomic mass is 9.98. The van der Waals surface area contributed by atoms with Gasteiger partial charge in [0, 0.05) is 22.3 Å². The van der Waals surface area contributed by atoms with Gasteiger partial charge in [0.05, 0.1) is 34.5 Å². The Morgan fingerprint density at radius 3 is 0.846 bits per heavy atom. The van der Waals surface area contributed by atoms with Crippen LogP contribution in [0.1, 0.15) is 80.6 Å². The van der Waals surface area contributed by atoms with E-state index in [0.29, 0.717) is 79.0 Å². The van der Waals surface area contributed by atoms with Crippen molar-refractivity contribution in [2.75, 3.05) is 0 Å². The number of nitrogens with zero attached hydrogens (tertiary/aromatic N) is 4. The predicted octanol–water partition coefficient (Wildman–Crippen LogP) is 7.00. The van der Waals surface area contributed by atoms with Crippen molar-refractivity contribution in [2.45, 2.75) is 59.7 Å². The van der Waals surface area contributed by atoms with Gasteiger partial charge in [0.15, 0.2) is 52.5 Å². The fourth-order valence-corrected chi connectivity index (χ4v) is 13.1. The molecule has 29 rings (SSSR count).